The zero-order valence-electron chi connectivity index (χ0n) is 13.3. The zero-order valence-corrected chi connectivity index (χ0v) is 13.3. The van der Waals surface area contributed by atoms with Crippen LogP contribution in [0.3, 0.4) is 0 Å². The molecule has 0 spiro atoms. The first-order chi connectivity index (χ1) is 10.3. The van der Waals surface area contributed by atoms with Gasteiger partial charge in [-0.25, -0.2) is 9.59 Å². The molecule has 0 N–H and O–H groups in total. The normalized spacial score (nSPS) is 45.2. The highest BCUT2D eigenvalue weighted by Gasteiger charge is 2.65. The molecule has 4 rings (SSSR count). The van der Waals surface area contributed by atoms with Crippen LogP contribution in [0.15, 0.2) is 25.3 Å². The first-order valence-electron chi connectivity index (χ1n) is 8.04. The van der Waals surface area contributed by atoms with E-state index in [9.17, 15) is 9.59 Å². The number of ether oxygens (including phenoxy) is 2. The Morgan fingerprint density at radius 3 is 1.32 bits per heavy atom. The fraction of sp³-hybridized carbons (Fsp3) is 0.667. The molecule has 0 unspecified atom stereocenters. The summed E-state index contributed by atoms with van der Waals surface area (Å²) >= 11 is 0. The van der Waals surface area contributed by atoms with E-state index in [2.05, 4.69) is 27.0 Å². The summed E-state index contributed by atoms with van der Waals surface area (Å²) in [5.41, 5.74) is -0.801. The van der Waals surface area contributed by atoms with Gasteiger partial charge in [0.25, 0.3) is 0 Å². The number of esters is 2. The number of carbonyl (C=O) groups excluding carboxylic acids is 2. The Labute approximate surface area is 131 Å². The van der Waals surface area contributed by atoms with E-state index < -0.39 is 11.2 Å². The average Bonchev–Trinajstić information content (AvgIpc) is 2.45. The van der Waals surface area contributed by atoms with Crippen molar-refractivity contribution in [3.8, 4) is 0 Å². The predicted molar refractivity (Wildman–Crippen MR) is 81.8 cm³/mol. The molecule has 0 heterocycles. The van der Waals surface area contributed by atoms with E-state index in [1.165, 1.54) is 12.2 Å². The molecule has 120 valence electrons. The van der Waals surface area contributed by atoms with E-state index in [1.54, 1.807) is 0 Å². The second-order valence-electron chi connectivity index (χ2n) is 7.35. The molecule has 4 aliphatic rings. The van der Waals surface area contributed by atoms with Crippen LogP contribution in [0.25, 0.3) is 0 Å². The number of hydrogen-bond acceptors (Lipinski definition) is 4. The van der Waals surface area contributed by atoms with Crippen molar-refractivity contribution < 1.29 is 19.1 Å². The van der Waals surface area contributed by atoms with Gasteiger partial charge in [-0.3, -0.25) is 0 Å². The van der Waals surface area contributed by atoms with Crippen molar-refractivity contribution in [1.29, 1.82) is 0 Å². The van der Waals surface area contributed by atoms with Crippen molar-refractivity contribution in [3.63, 3.8) is 0 Å². The van der Waals surface area contributed by atoms with E-state index in [-0.39, 0.29) is 11.9 Å². The highest BCUT2D eigenvalue weighted by atomic mass is 16.6. The van der Waals surface area contributed by atoms with Gasteiger partial charge in [-0.2, -0.15) is 0 Å². The number of hydrogen-bond donors (Lipinski definition) is 0. The molecule has 0 saturated heterocycles. The quantitative estimate of drug-likeness (QED) is 0.592. The van der Waals surface area contributed by atoms with Crippen LogP contribution in [0.1, 0.15) is 39.5 Å². The van der Waals surface area contributed by atoms with Gasteiger partial charge in [-0.1, -0.05) is 13.2 Å². The van der Waals surface area contributed by atoms with Crippen LogP contribution >= 0.6 is 0 Å². The zero-order chi connectivity index (χ0) is 16.1. The van der Waals surface area contributed by atoms with E-state index in [0.29, 0.717) is 23.7 Å². The lowest BCUT2D eigenvalue weighted by Crippen LogP contribution is -2.66. The van der Waals surface area contributed by atoms with Crippen molar-refractivity contribution in [3.05, 3.63) is 25.3 Å². The number of rotatable bonds is 4. The third-order valence-corrected chi connectivity index (χ3v) is 6.49. The van der Waals surface area contributed by atoms with Crippen LogP contribution in [0.2, 0.25) is 0 Å². The molecule has 0 radical (unpaired) electrons. The second-order valence-corrected chi connectivity index (χ2v) is 7.35. The van der Waals surface area contributed by atoms with Gasteiger partial charge >= 0.3 is 11.9 Å². The maximum absolute atomic E-state index is 11.7. The smallest absolute Gasteiger partial charge is 0.330 e. The van der Waals surface area contributed by atoms with E-state index in [0.717, 1.165) is 25.7 Å². The minimum atomic E-state index is -0.401. The van der Waals surface area contributed by atoms with Crippen molar-refractivity contribution in [2.24, 2.45) is 23.7 Å². The first-order valence-corrected chi connectivity index (χ1v) is 8.04. The molecule has 4 nitrogen and oxygen atoms in total. The fourth-order valence-corrected chi connectivity index (χ4v) is 5.15. The minimum absolute atomic E-state index is 0.337. The molecule has 4 heteroatoms. The molecule has 0 aromatic carbocycles. The van der Waals surface area contributed by atoms with Crippen LogP contribution in [0.5, 0.6) is 0 Å². The summed E-state index contributed by atoms with van der Waals surface area (Å²) in [5, 5.41) is 0. The van der Waals surface area contributed by atoms with E-state index in [1.807, 2.05) is 0 Å². The SMILES string of the molecule is C=CC(=O)OC1(C)C2CC3CC1CC(C2)C3(C)OC(=O)C=C. The van der Waals surface area contributed by atoms with Gasteiger partial charge in [0.2, 0.25) is 0 Å². The molecule has 4 bridgehead atoms. The summed E-state index contributed by atoms with van der Waals surface area (Å²) < 4.78 is 11.5. The van der Waals surface area contributed by atoms with Crippen LogP contribution in [0, 0.1) is 23.7 Å². The highest BCUT2D eigenvalue weighted by Crippen LogP contribution is 2.63. The van der Waals surface area contributed by atoms with Gasteiger partial charge in [-0.15, -0.1) is 0 Å². The van der Waals surface area contributed by atoms with Gasteiger partial charge in [0.15, 0.2) is 0 Å². The minimum Gasteiger partial charge on any atom is -0.456 e. The maximum atomic E-state index is 11.7. The molecule has 0 aliphatic heterocycles. The molecule has 0 aromatic rings. The Kier molecular flexibility index (Phi) is 3.46. The summed E-state index contributed by atoms with van der Waals surface area (Å²) in [4.78, 5) is 23.4. The molecular weight excluding hydrogens is 280 g/mol. The molecule has 4 saturated carbocycles. The van der Waals surface area contributed by atoms with Crippen molar-refractivity contribution >= 4 is 11.9 Å². The van der Waals surface area contributed by atoms with Crippen molar-refractivity contribution in [2.75, 3.05) is 0 Å². The largest absolute Gasteiger partial charge is 0.456 e. The summed E-state index contributed by atoms with van der Waals surface area (Å²) in [7, 11) is 0. The van der Waals surface area contributed by atoms with Gasteiger partial charge < -0.3 is 9.47 Å². The lowest BCUT2D eigenvalue weighted by Gasteiger charge is -2.64. The maximum Gasteiger partial charge on any atom is 0.330 e. The molecule has 0 aromatic heterocycles. The first kappa shape index (κ1) is 15.3. The lowest BCUT2D eigenvalue weighted by molar-refractivity contribution is -0.250. The molecule has 0 atom stereocenters. The summed E-state index contributed by atoms with van der Waals surface area (Å²) in [6, 6.07) is 0. The second kappa shape index (κ2) is 4.97. The Morgan fingerprint density at radius 1 is 0.818 bits per heavy atom. The molecule has 4 aliphatic carbocycles. The monoisotopic (exact) mass is 304 g/mol. The highest BCUT2D eigenvalue weighted by molar-refractivity contribution is 5.82. The van der Waals surface area contributed by atoms with Gasteiger partial charge in [0.1, 0.15) is 11.2 Å². The Hall–Kier alpha value is -1.58. The lowest BCUT2D eigenvalue weighted by atomic mass is 9.45. The fourth-order valence-electron chi connectivity index (χ4n) is 5.15. The van der Waals surface area contributed by atoms with Crippen LogP contribution in [0.4, 0.5) is 0 Å². The van der Waals surface area contributed by atoms with Crippen LogP contribution < -0.4 is 0 Å². The van der Waals surface area contributed by atoms with Gasteiger partial charge in [-0.05, 0) is 63.2 Å². The van der Waals surface area contributed by atoms with E-state index in [4.69, 9.17) is 9.47 Å². The third kappa shape index (κ3) is 2.03. The number of carbonyl (C=O) groups is 2. The van der Waals surface area contributed by atoms with Crippen LogP contribution in [-0.2, 0) is 19.1 Å². The molecular formula is C18H24O4. The topological polar surface area (TPSA) is 52.6 Å². The molecule has 4 fully saturated rings. The van der Waals surface area contributed by atoms with Crippen molar-refractivity contribution in [1.82, 2.24) is 0 Å². The van der Waals surface area contributed by atoms with E-state index >= 15 is 0 Å². The van der Waals surface area contributed by atoms with Crippen LogP contribution in [-0.4, -0.2) is 23.1 Å². The van der Waals surface area contributed by atoms with Gasteiger partial charge in [0, 0.05) is 12.2 Å². The predicted octanol–water partition coefficient (Wildman–Crippen LogP) is 3.03. The Balaban J connectivity index is 1.82. The third-order valence-electron chi connectivity index (χ3n) is 6.49. The summed E-state index contributed by atoms with van der Waals surface area (Å²) in [6.07, 6.45) is 6.24. The standard InChI is InChI=1S/C18H24O4/c1-5-15(19)21-17(3)11-7-13-9-12(17)10-14(8-11)18(13,4)22-16(20)6-2/h5-6,11-14H,1-2,7-10H2,3-4H3. The van der Waals surface area contributed by atoms with Gasteiger partial charge in [0.05, 0.1) is 0 Å². The molecule has 22 heavy (non-hydrogen) atoms. The summed E-state index contributed by atoms with van der Waals surface area (Å²) in [6.45, 7) is 11.1. The summed E-state index contributed by atoms with van der Waals surface area (Å²) in [5.74, 6) is 0.694. The Bertz CT molecular complexity index is 459. The van der Waals surface area contributed by atoms with Crippen molar-refractivity contribution in [2.45, 2.75) is 50.7 Å². The Morgan fingerprint density at radius 2 is 1.09 bits per heavy atom. The average molecular weight is 304 g/mol. The molecule has 0 amide bonds.